The van der Waals surface area contributed by atoms with Crippen LogP contribution in [0, 0.1) is 19.3 Å². The van der Waals surface area contributed by atoms with Gasteiger partial charge >= 0.3 is 0 Å². The highest BCUT2D eigenvalue weighted by Crippen LogP contribution is 2.45. The molecule has 1 saturated carbocycles. The van der Waals surface area contributed by atoms with Gasteiger partial charge < -0.3 is 9.64 Å². The molecule has 0 aliphatic heterocycles. The minimum atomic E-state index is 0.415. The molecule has 0 N–H and O–H groups in total. The van der Waals surface area contributed by atoms with E-state index in [9.17, 15) is 0 Å². The number of hydrogen-bond acceptors (Lipinski definition) is 2. The molecule has 2 rings (SSSR count). The molecule has 23 heavy (non-hydrogen) atoms. The zero-order valence-electron chi connectivity index (χ0n) is 15.5. The number of benzene rings is 1. The third-order valence-corrected chi connectivity index (χ3v) is 4.68. The zero-order valence-corrected chi connectivity index (χ0v) is 15.5. The predicted molar refractivity (Wildman–Crippen MR) is 99.1 cm³/mol. The maximum atomic E-state index is 6.03. The minimum absolute atomic E-state index is 0.415. The summed E-state index contributed by atoms with van der Waals surface area (Å²) in [7, 11) is 2.09. The lowest BCUT2D eigenvalue weighted by atomic mass is 10.1. The van der Waals surface area contributed by atoms with Crippen molar-refractivity contribution >= 4 is 12.0 Å². The molecule has 3 nitrogen and oxygen atoms in total. The molecule has 1 aromatic carbocycles. The Morgan fingerprint density at radius 3 is 2.61 bits per heavy atom. The zero-order chi connectivity index (χ0) is 16.9. The Bertz CT molecular complexity index is 547. The third-order valence-electron chi connectivity index (χ3n) is 4.68. The van der Waals surface area contributed by atoms with Gasteiger partial charge in [-0.05, 0) is 56.4 Å². The SMILES string of the molecule is CCCCCN(C)/C=N\c1cc(C)c(OCC2(C)CC2)cc1C. The molecule has 0 amide bonds. The monoisotopic (exact) mass is 316 g/mol. The van der Waals surface area contributed by atoms with E-state index in [1.807, 2.05) is 6.34 Å². The number of aliphatic imine (C=N–C) groups is 1. The molecule has 1 aromatic rings. The smallest absolute Gasteiger partial charge is 0.122 e. The first-order chi connectivity index (χ1) is 10.9. The molecule has 0 bridgehead atoms. The molecule has 0 saturated heterocycles. The van der Waals surface area contributed by atoms with Crippen LogP contribution in [-0.2, 0) is 0 Å². The number of nitrogens with zero attached hydrogens (tertiary/aromatic N) is 2. The topological polar surface area (TPSA) is 24.8 Å². The Hall–Kier alpha value is -1.51. The normalized spacial score (nSPS) is 15.9. The van der Waals surface area contributed by atoms with Gasteiger partial charge in [0.1, 0.15) is 5.75 Å². The van der Waals surface area contributed by atoms with Gasteiger partial charge in [-0.2, -0.15) is 0 Å². The Morgan fingerprint density at radius 1 is 1.22 bits per heavy atom. The average molecular weight is 316 g/mol. The maximum Gasteiger partial charge on any atom is 0.122 e. The highest BCUT2D eigenvalue weighted by molar-refractivity contribution is 5.64. The van der Waals surface area contributed by atoms with E-state index in [1.54, 1.807) is 0 Å². The van der Waals surface area contributed by atoms with Gasteiger partial charge in [-0.1, -0.05) is 26.7 Å². The number of unbranched alkanes of at least 4 members (excludes halogenated alkanes) is 2. The fourth-order valence-electron chi connectivity index (χ4n) is 2.51. The molecule has 3 heteroatoms. The van der Waals surface area contributed by atoms with Crippen molar-refractivity contribution in [3.8, 4) is 5.75 Å². The Morgan fingerprint density at radius 2 is 1.96 bits per heavy atom. The van der Waals surface area contributed by atoms with E-state index < -0.39 is 0 Å². The largest absolute Gasteiger partial charge is 0.493 e. The molecule has 0 aromatic heterocycles. The number of rotatable bonds is 9. The van der Waals surface area contributed by atoms with Gasteiger partial charge in [-0.25, -0.2) is 4.99 Å². The van der Waals surface area contributed by atoms with Crippen molar-refractivity contribution in [3.05, 3.63) is 23.3 Å². The summed E-state index contributed by atoms with van der Waals surface area (Å²) in [6.07, 6.45) is 8.28. The molecular weight excluding hydrogens is 284 g/mol. The van der Waals surface area contributed by atoms with Gasteiger partial charge in [0.2, 0.25) is 0 Å². The highest BCUT2D eigenvalue weighted by atomic mass is 16.5. The molecule has 0 radical (unpaired) electrons. The molecule has 128 valence electrons. The summed E-state index contributed by atoms with van der Waals surface area (Å²) in [5.74, 6) is 1.01. The lowest BCUT2D eigenvalue weighted by Crippen LogP contribution is -2.17. The van der Waals surface area contributed by atoms with Crippen molar-refractivity contribution in [2.45, 2.75) is 59.8 Å². The average Bonchev–Trinajstić information content (AvgIpc) is 3.24. The molecule has 0 heterocycles. The first kappa shape index (κ1) is 17.8. The van der Waals surface area contributed by atoms with Crippen molar-refractivity contribution in [3.63, 3.8) is 0 Å². The number of ether oxygens (including phenoxy) is 1. The standard InChI is InChI=1S/C20H32N2O/c1-6-7-8-11-22(5)15-21-18-12-17(3)19(13-16(18)2)23-14-20(4)9-10-20/h12-13,15H,6-11,14H2,1-5H3/b21-15-. The van der Waals surface area contributed by atoms with Crippen LogP contribution in [0.15, 0.2) is 17.1 Å². The van der Waals surface area contributed by atoms with Crippen LogP contribution in [0.3, 0.4) is 0 Å². The van der Waals surface area contributed by atoms with Gasteiger partial charge in [0, 0.05) is 19.0 Å². The first-order valence-electron chi connectivity index (χ1n) is 8.92. The molecule has 1 aliphatic carbocycles. The lowest BCUT2D eigenvalue weighted by Gasteiger charge is -2.15. The van der Waals surface area contributed by atoms with Crippen molar-refractivity contribution < 1.29 is 4.74 Å². The van der Waals surface area contributed by atoms with Crippen LogP contribution >= 0.6 is 0 Å². The summed E-state index contributed by atoms with van der Waals surface area (Å²) in [4.78, 5) is 6.82. The van der Waals surface area contributed by atoms with Crippen LogP contribution in [0.2, 0.25) is 0 Å². The summed E-state index contributed by atoms with van der Waals surface area (Å²) >= 11 is 0. The summed E-state index contributed by atoms with van der Waals surface area (Å²) in [6.45, 7) is 10.6. The molecular formula is C20H32N2O. The van der Waals surface area contributed by atoms with E-state index in [0.717, 1.165) is 24.6 Å². The molecule has 1 aliphatic rings. The Labute approximate surface area is 141 Å². The second-order valence-corrected chi connectivity index (χ2v) is 7.44. The van der Waals surface area contributed by atoms with Crippen LogP contribution in [0.5, 0.6) is 5.75 Å². The summed E-state index contributed by atoms with van der Waals surface area (Å²) in [6, 6.07) is 4.26. The Kier molecular flexibility index (Phi) is 6.09. The fourth-order valence-corrected chi connectivity index (χ4v) is 2.51. The highest BCUT2D eigenvalue weighted by Gasteiger charge is 2.38. The fraction of sp³-hybridized carbons (Fsp3) is 0.650. The van der Waals surface area contributed by atoms with Gasteiger partial charge in [0.25, 0.3) is 0 Å². The van der Waals surface area contributed by atoms with Crippen molar-refractivity contribution in [2.75, 3.05) is 20.2 Å². The van der Waals surface area contributed by atoms with Gasteiger partial charge in [0.15, 0.2) is 0 Å². The second kappa shape index (κ2) is 7.85. The van der Waals surface area contributed by atoms with E-state index in [-0.39, 0.29) is 0 Å². The minimum Gasteiger partial charge on any atom is -0.493 e. The quantitative estimate of drug-likeness (QED) is 0.352. The van der Waals surface area contributed by atoms with Crippen LogP contribution in [0.4, 0.5) is 5.69 Å². The maximum absolute atomic E-state index is 6.03. The summed E-state index contributed by atoms with van der Waals surface area (Å²) in [5, 5.41) is 0. The van der Waals surface area contributed by atoms with E-state index in [4.69, 9.17) is 4.74 Å². The molecule has 0 spiro atoms. The summed E-state index contributed by atoms with van der Waals surface area (Å²) in [5.41, 5.74) is 3.79. The number of hydrogen-bond donors (Lipinski definition) is 0. The third kappa shape index (κ3) is 5.56. The first-order valence-corrected chi connectivity index (χ1v) is 8.92. The van der Waals surface area contributed by atoms with Crippen LogP contribution in [0.25, 0.3) is 0 Å². The number of aryl methyl sites for hydroxylation is 2. The predicted octanol–water partition coefficient (Wildman–Crippen LogP) is 5.26. The van der Waals surface area contributed by atoms with Crippen molar-refractivity contribution in [2.24, 2.45) is 10.4 Å². The Balaban J connectivity index is 1.95. The molecule has 0 unspecified atom stereocenters. The van der Waals surface area contributed by atoms with Crippen LogP contribution in [-0.4, -0.2) is 31.4 Å². The summed E-state index contributed by atoms with van der Waals surface area (Å²) < 4.78 is 6.03. The van der Waals surface area contributed by atoms with Gasteiger partial charge in [0.05, 0.1) is 18.6 Å². The molecule has 0 atom stereocenters. The lowest BCUT2D eigenvalue weighted by molar-refractivity contribution is 0.246. The van der Waals surface area contributed by atoms with E-state index in [2.05, 4.69) is 56.8 Å². The van der Waals surface area contributed by atoms with E-state index >= 15 is 0 Å². The van der Waals surface area contributed by atoms with Gasteiger partial charge in [-0.3, -0.25) is 0 Å². The molecule has 1 fully saturated rings. The van der Waals surface area contributed by atoms with E-state index in [0.29, 0.717) is 5.41 Å². The van der Waals surface area contributed by atoms with Crippen LogP contribution in [0.1, 0.15) is 57.1 Å². The van der Waals surface area contributed by atoms with Crippen molar-refractivity contribution in [1.82, 2.24) is 4.90 Å². The van der Waals surface area contributed by atoms with Gasteiger partial charge in [-0.15, -0.1) is 0 Å². The van der Waals surface area contributed by atoms with E-state index in [1.165, 1.54) is 43.2 Å². The van der Waals surface area contributed by atoms with Crippen LogP contribution < -0.4 is 4.74 Å². The second-order valence-electron chi connectivity index (χ2n) is 7.44. The van der Waals surface area contributed by atoms with Crippen molar-refractivity contribution in [1.29, 1.82) is 0 Å².